The first-order chi connectivity index (χ1) is 15.6. The normalized spacial score (nSPS) is 11.6. The molecule has 0 saturated carbocycles. The van der Waals surface area contributed by atoms with E-state index in [1.54, 1.807) is 14.0 Å². The van der Waals surface area contributed by atoms with Gasteiger partial charge in [0.05, 0.1) is 6.61 Å². The molecule has 0 spiro atoms. The standard InChI is InChI=1S/C26H28O6/c1-19(2)26(27)32-21(17-28-3)18-31-25-14-13-24(22-11-7-8-12-23(22)25)30-16-15-29-20-9-5-4-6-10-20/h4-14,21H,1,15-18H2,2-3H3. The van der Waals surface area contributed by atoms with Gasteiger partial charge in [-0.1, -0.05) is 49.0 Å². The zero-order valence-corrected chi connectivity index (χ0v) is 18.4. The number of hydrogen-bond acceptors (Lipinski definition) is 6. The average Bonchev–Trinajstić information content (AvgIpc) is 2.81. The van der Waals surface area contributed by atoms with Crippen molar-refractivity contribution in [3.63, 3.8) is 0 Å². The van der Waals surface area contributed by atoms with Gasteiger partial charge in [0.1, 0.15) is 37.1 Å². The largest absolute Gasteiger partial charge is 0.490 e. The Labute approximate surface area is 188 Å². The fourth-order valence-corrected chi connectivity index (χ4v) is 3.06. The van der Waals surface area contributed by atoms with E-state index < -0.39 is 12.1 Å². The van der Waals surface area contributed by atoms with Gasteiger partial charge in [-0.25, -0.2) is 4.79 Å². The molecule has 0 amide bonds. The number of hydrogen-bond donors (Lipinski definition) is 0. The van der Waals surface area contributed by atoms with Crippen LogP contribution >= 0.6 is 0 Å². The van der Waals surface area contributed by atoms with E-state index in [1.807, 2.05) is 66.7 Å². The van der Waals surface area contributed by atoms with E-state index in [-0.39, 0.29) is 13.2 Å². The highest BCUT2D eigenvalue weighted by molar-refractivity contribution is 5.93. The van der Waals surface area contributed by atoms with E-state index in [2.05, 4.69) is 6.58 Å². The molecule has 3 aromatic rings. The number of carbonyl (C=O) groups excluding carboxylic acids is 1. The number of ether oxygens (including phenoxy) is 5. The Balaban J connectivity index is 1.64. The summed E-state index contributed by atoms with van der Waals surface area (Å²) in [6.07, 6.45) is -0.547. The van der Waals surface area contributed by atoms with E-state index in [0.717, 1.165) is 22.3 Å². The van der Waals surface area contributed by atoms with Gasteiger partial charge in [0.25, 0.3) is 0 Å². The van der Waals surface area contributed by atoms with Crippen molar-refractivity contribution in [3.8, 4) is 17.2 Å². The smallest absolute Gasteiger partial charge is 0.333 e. The minimum atomic E-state index is -0.547. The number of para-hydroxylation sites is 1. The number of fused-ring (bicyclic) bond motifs is 1. The van der Waals surface area contributed by atoms with Crippen molar-refractivity contribution in [3.05, 3.63) is 78.9 Å². The SMILES string of the molecule is C=C(C)C(=O)OC(COC)COc1ccc(OCCOc2ccccc2)c2ccccc12. The number of rotatable bonds is 12. The predicted octanol–water partition coefficient (Wildman–Crippen LogP) is 4.81. The maximum Gasteiger partial charge on any atom is 0.333 e. The molecule has 32 heavy (non-hydrogen) atoms. The molecule has 0 heterocycles. The van der Waals surface area contributed by atoms with Crippen molar-refractivity contribution in [1.29, 1.82) is 0 Å². The molecule has 0 bridgehead atoms. The Morgan fingerprint density at radius 2 is 1.41 bits per heavy atom. The summed E-state index contributed by atoms with van der Waals surface area (Å²) in [7, 11) is 1.55. The first kappa shape index (κ1) is 23.2. The predicted molar refractivity (Wildman–Crippen MR) is 123 cm³/mol. The van der Waals surface area contributed by atoms with E-state index in [4.69, 9.17) is 23.7 Å². The molecular weight excluding hydrogens is 408 g/mol. The number of benzene rings is 3. The van der Waals surface area contributed by atoms with Crippen LogP contribution in [0.5, 0.6) is 17.2 Å². The summed E-state index contributed by atoms with van der Waals surface area (Å²) in [5.74, 6) is 1.75. The Morgan fingerprint density at radius 3 is 2.03 bits per heavy atom. The zero-order chi connectivity index (χ0) is 22.8. The maximum atomic E-state index is 11.9. The summed E-state index contributed by atoms with van der Waals surface area (Å²) in [5.41, 5.74) is 0.328. The lowest BCUT2D eigenvalue weighted by Crippen LogP contribution is -2.29. The third-order valence-corrected chi connectivity index (χ3v) is 4.60. The van der Waals surface area contributed by atoms with Crippen LogP contribution in [0.4, 0.5) is 0 Å². The Hall–Kier alpha value is -3.51. The van der Waals surface area contributed by atoms with Gasteiger partial charge < -0.3 is 23.7 Å². The molecule has 0 fully saturated rings. The highest BCUT2D eigenvalue weighted by atomic mass is 16.6. The van der Waals surface area contributed by atoms with Crippen LogP contribution < -0.4 is 14.2 Å². The molecule has 3 aromatic carbocycles. The van der Waals surface area contributed by atoms with Gasteiger partial charge in [0.2, 0.25) is 0 Å². The molecule has 0 aromatic heterocycles. The monoisotopic (exact) mass is 436 g/mol. The molecule has 0 radical (unpaired) electrons. The zero-order valence-electron chi connectivity index (χ0n) is 18.4. The first-order valence-corrected chi connectivity index (χ1v) is 10.4. The van der Waals surface area contributed by atoms with Crippen LogP contribution in [0.25, 0.3) is 10.8 Å². The molecule has 0 N–H and O–H groups in total. The van der Waals surface area contributed by atoms with Crippen molar-refractivity contribution in [2.24, 2.45) is 0 Å². The van der Waals surface area contributed by atoms with E-state index in [0.29, 0.717) is 24.5 Å². The fraction of sp³-hybridized carbons (Fsp3) is 0.269. The average molecular weight is 437 g/mol. The molecule has 1 atom stereocenters. The fourth-order valence-electron chi connectivity index (χ4n) is 3.06. The van der Waals surface area contributed by atoms with Crippen LogP contribution in [-0.2, 0) is 14.3 Å². The van der Waals surface area contributed by atoms with Gasteiger partial charge in [-0.3, -0.25) is 0 Å². The van der Waals surface area contributed by atoms with Crippen LogP contribution in [-0.4, -0.2) is 45.6 Å². The summed E-state index contributed by atoms with van der Waals surface area (Å²) < 4.78 is 28.2. The summed E-state index contributed by atoms with van der Waals surface area (Å²) in [6, 6.07) is 21.2. The van der Waals surface area contributed by atoms with Crippen molar-refractivity contribution < 1.29 is 28.5 Å². The molecule has 168 valence electrons. The summed E-state index contributed by atoms with van der Waals surface area (Å²) >= 11 is 0. The highest BCUT2D eigenvalue weighted by Gasteiger charge is 2.17. The van der Waals surface area contributed by atoms with Gasteiger partial charge in [-0.2, -0.15) is 0 Å². The molecule has 1 unspecified atom stereocenters. The lowest BCUT2D eigenvalue weighted by atomic mass is 10.1. The van der Waals surface area contributed by atoms with Gasteiger partial charge in [0, 0.05) is 23.5 Å². The van der Waals surface area contributed by atoms with Crippen molar-refractivity contribution >= 4 is 16.7 Å². The van der Waals surface area contributed by atoms with Crippen molar-refractivity contribution in [1.82, 2.24) is 0 Å². The Bertz CT molecular complexity index is 1030. The summed E-state index contributed by atoms with van der Waals surface area (Å²) in [5, 5.41) is 1.82. The van der Waals surface area contributed by atoms with Crippen molar-refractivity contribution in [2.45, 2.75) is 13.0 Å². The number of carbonyl (C=O) groups is 1. The van der Waals surface area contributed by atoms with Gasteiger partial charge >= 0.3 is 5.97 Å². The molecule has 3 rings (SSSR count). The van der Waals surface area contributed by atoms with Gasteiger partial charge in [-0.05, 0) is 31.2 Å². The third kappa shape index (κ3) is 6.49. The first-order valence-electron chi connectivity index (χ1n) is 10.4. The number of esters is 1. The molecule has 0 aliphatic rings. The van der Waals surface area contributed by atoms with Crippen LogP contribution in [0, 0.1) is 0 Å². The van der Waals surface area contributed by atoms with Gasteiger partial charge in [-0.15, -0.1) is 0 Å². The van der Waals surface area contributed by atoms with Gasteiger partial charge in [0.15, 0.2) is 6.10 Å². The maximum absolute atomic E-state index is 11.9. The van der Waals surface area contributed by atoms with E-state index in [9.17, 15) is 4.79 Å². The molecule has 0 aliphatic heterocycles. The van der Waals surface area contributed by atoms with Crippen LogP contribution in [0.3, 0.4) is 0 Å². The second-order valence-electron chi connectivity index (χ2n) is 7.19. The highest BCUT2D eigenvalue weighted by Crippen LogP contribution is 2.33. The Morgan fingerprint density at radius 1 is 0.812 bits per heavy atom. The van der Waals surface area contributed by atoms with Crippen LogP contribution in [0.15, 0.2) is 78.9 Å². The molecule has 0 aliphatic carbocycles. The second-order valence-corrected chi connectivity index (χ2v) is 7.19. The Kier molecular flexibility index (Phi) is 8.52. The van der Waals surface area contributed by atoms with Crippen LogP contribution in [0.1, 0.15) is 6.92 Å². The van der Waals surface area contributed by atoms with Crippen LogP contribution in [0.2, 0.25) is 0 Å². The molecular formula is C26H28O6. The third-order valence-electron chi connectivity index (χ3n) is 4.60. The number of methoxy groups -OCH3 is 1. The topological polar surface area (TPSA) is 63.2 Å². The molecule has 0 saturated heterocycles. The molecule has 6 nitrogen and oxygen atoms in total. The van der Waals surface area contributed by atoms with Crippen molar-refractivity contribution in [2.75, 3.05) is 33.5 Å². The molecule has 6 heteroatoms. The lowest BCUT2D eigenvalue weighted by molar-refractivity contribution is -0.148. The quantitative estimate of drug-likeness (QED) is 0.231. The summed E-state index contributed by atoms with van der Waals surface area (Å²) in [4.78, 5) is 11.9. The minimum Gasteiger partial charge on any atom is -0.490 e. The van der Waals surface area contributed by atoms with E-state index in [1.165, 1.54) is 0 Å². The minimum absolute atomic E-state index is 0.155. The second kappa shape index (κ2) is 11.8. The lowest BCUT2D eigenvalue weighted by Gasteiger charge is -2.19. The summed E-state index contributed by atoms with van der Waals surface area (Å²) in [6.45, 7) is 6.43. The van der Waals surface area contributed by atoms with E-state index >= 15 is 0 Å².